The molecule has 5 nitrogen and oxygen atoms in total. The number of carbonyl (C=O) groups is 1. The molecule has 0 amide bonds. The first-order valence-electron chi connectivity index (χ1n) is 4.68. The topological polar surface area (TPSA) is 93.5 Å². The first-order chi connectivity index (χ1) is 6.45. The number of likely N-dealkylation sites (N-methyl/N-ethyl adjacent to an activating group) is 1. The van der Waals surface area contributed by atoms with Gasteiger partial charge in [0, 0.05) is 6.54 Å². The van der Waals surface area contributed by atoms with Gasteiger partial charge in [-0.25, -0.2) is 0 Å². The third-order valence-corrected chi connectivity index (χ3v) is 1.56. The van der Waals surface area contributed by atoms with Crippen LogP contribution < -0.4 is 16.8 Å². The van der Waals surface area contributed by atoms with Crippen molar-refractivity contribution >= 4 is 11.7 Å². The van der Waals surface area contributed by atoms with Gasteiger partial charge in [-0.1, -0.05) is 6.92 Å². The Balaban J connectivity index is 0. The number of nitrogens with one attached hydrogen (secondary N) is 1. The number of hydrogen-bond acceptors (Lipinski definition) is 3. The quantitative estimate of drug-likeness (QED) is 0.436. The van der Waals surface area contributed by atoms with Gasteiger partial charge in [-0.3, -0.25) is 9.79 Å². The molecule has 5 N–H and O–H groups in total. The maximum Gasteiger partial charge on any atom is 0.185 e. The average molecular weight is 202 g/mol. The number of aliphatic imine (C=N–C) groups is 1. The SMILES string of the molecule is CCCN=C(N)N.CNC(C)C(C)=O. The fraction of sp³-hybridized carbons (Fsp3) is 0.778. The van der Waals surface area contributed by atoms with Gasteiger partial charge in [0.25, 0.3) is 0 Å². The Kier molecular flexibility index (Phi) is 11.0. The van der Waals surface area contributed by atoms with Crippen molar-refractivity contribution in [1.82, 2.24) is 5.32 Å². The third kappa shape index (κ3) is 13.5. The molecule has 0 rings (SSSR count). The minimum atomic E-state index is 0.0139. The van der Waals surface area contributed by atoms with Crippen LogP contribution in [0.5, 0.6) is 0 Å². The van der Waals surface area contributed by atoms with Gasteiger partial charge in [-0.15, -0.1) is 0 Å². The maximum atomic E-state index is 10.3. The Labute approximate surface area is 86.0 Å². The molecule has 84 valence electrons. The zero-order valence-corrected chi connectivity index (χ0v) is 9.50. The largest absolute Gasteiger partial charge is 0.370 e. The van der Waals surface area contributed by atoms with Crippen LogP contribution in [0.15, 0.2) is 4.99 Å². The molecule has 0 heterocycles. The van der Waals surface area contributed by atoms with E-state index in [9.17, 15) is 4.79 Å². The van der Waals surface area contributed by atoms with Gasteiger partial charge >= 0.3 is 0 Å². The first kappa shape index (κ1) is 15.4. The summed E-state index contributed by atoms with van der Waals surface area (Å²) in [4.78, 5) is 14.0. The summed E-state index contributed by atoms with van der Waals surface area (Å²) < 4.78 is 0. The second-order valence-electron chi connectivity index (χ2n) is 2.93. The van der Waals surface area contributed by atoms with E-state index in [1.807, 2.05) is 13.8 Å². The van der Waals surface area contributed by atoms with Crippen LogP contribution in [0.2, 0.25) is 0 Å². The summed E-state index contributed by atoms with van der Waals surface area (Å²) in [5.74, 6) is 0.365. The van der Waals surface area contributed by atoms with Crippen LogP contribution in [0.1, 0.15) is 27.2 Å². The summed E-state index contributed by atoms with van der Waals surface area (Å²) in [6.45, 7) is 6.16. The predicted molar refractivity (Wildman–Crippen MR) is 60.2 cm³/mol. The van der Waals surface area contributed by atoms with Crippen LogP contribution >= 0.6 is 0 Å². The lowest BCUT2D eigenvalue weighted by molar-refractivity contribution is -0.118. The molecule has 1 atom stereocenters. The van der Waals surface area contributed by atoms with Crippen LogP contribution in [0.4, 0.5) is 0 Å². The molecule has 5 heteroatoms. The van der Waals surface area contributed by atoms with E-state index in [2.05, 4.69) is 10.3 Å². The third-order valence-electron chi connectivity index (χ3n) is 1.56. The summed E-state index contributed by atoms with van der Waals surface area (Å²) in [5, 5.41) is 2.81. The summed E-state index contributed by atoms with van der Waals surface area (Å²) in [5.41, 5.74) is 10.0. The average Bonchev–Trinajstić information content (AvgIpc) is 2.14. The number of nitrogens with two attached hydrogens (primary N) is 2. The van der Waals surface area contributed by atoms with Gasteiger partial charge in [-0.05, 0) is 27.3 Å². The highest BCUT2D eigenvalue weighted by Crippen LogP contribution is 1.77. The molecule has 0 saturated heterocycles. The molecule has 1 unspecified atom stereocenters. The molecule has 0 aliphatic rings. The van der Waals surface area contributed by atoms with Crippen LogP contribution in [-0.2, 0) is 4.79 Å². The molecule has 0 aromatic rings. The van der Waals surface area contributed by atoms with Crippen LogP contribution in [0.25, 0.3) is 0 Å². The summed E-state index contributed by atoms with van der Waals surface area (Å²) in [6, 6.07) is 0.0139. The Morgan fingerprint density at radius 3 is 2.07 bits per heavy atom. The van der Waals surface area contributed by atoms with Crippen molar-refractivity contribution in [2.24, 2.45) is 16.5 Å². The van der Waals surface area contributed by atoms with Crippen LogP contribution in [-0.4, -0.2) is 31.4 Å². The minimum Gasteiger partial charge on any atom is -0.370 e. The first-order valence-corrected chi connectivity index (χ1v) is 4.68. The smallest absolute Gasteiger partial charge is 0.185 e. The van der Waals surface area contributed by atoms with E-state index in [-0.39, 0.29) is 17.8 Å². The number of rotatable bonds is 4. The molecule has 0 aliphatic carbocycles. The number of nitrogens with zero attached hydrogens (tertiary/aromatic N) is 1. The molecule has 0 bridgehead atoms. The van der Waals surface area contributed by atoms with E-state index in [4.69, 9.17) is 11.5 Å². The fourth-order valence-corrected chi connectivity index (χ4v) is 0.444. The minimum absolute atomic E-state index is 0.0139. The lowest BCUT2D eigenvalue weighted by atomic mass is 10.2. The predicted octanol–water partition coefficient (Wildman–Crippen LogP) is -0.147. The Bertz CT molecular complexity index is 176. The van der Waals surface area contributed by atoms with Crippen molar-refractivity contribution in [2.45, 2.75) is 33.2 Å². The summed E-state index contributed by atoms with van der Waals surface area (Å²) >= 11 is 0. The molecular formula is C9H22N4O. The number of carbonyl (C=O) groups excluding carboxylic acids is 1. The highest BCUT2D eigenvalue weighted by Gasteiger charge is 2.00. The monoisotopic (exact) mass is 202 g/mol. The van der Waals surface area contributed by atoms with Crippen LogP contribution in [0, 0.1) is 0 Å². The van der Waals surface area contributed by atoms with Gasteiger partial charge in [0.15, 0.2) is 5.96 Å². The van der Waals surface area contributed by atoms with Crippen LogP contribution in [0.3, 0.4) is 0 Å². The van der Waals surface area contributed by atoms with E-state index in [1.54, 1.807) is 14.0 Å². The molecule has 14 heavy (non-hydrogen) atoms. The number of ketones is 1. The van der Waals surface area contributed by atoms with E-state index < -0.39 is 0 Å². The normalized spacial score (nSPS) is 10.9. The van der Waals surface area contributed by atoms with Gasteiger partial charge in [0.05, 0.1) is 6.04 Å². The van der Waals surface area contributed by atoms with E-state index in [0.717, 1.165) is 13.0 Å². The van der Waals surface area contributed by atoms with Crippen molar-refractivity contribution < 1.29 is 4.79 Å². The zero-order valence-electron chi connectivity index (χ0n) is 9.50. The maximum absolute atomic E-state index is 10.3. The van der Waals surface area contributed by atoms with Crippen molar-refractivity contribution in [3.05, 3.63) is 0 Å². The van der Waals surface area contributed by atoms with Gasteiger partial charge in [-0.2, -0.15) is 0 Å². The molecule has 0 spiro atoms. The standard InChI is InChI=1S/C5H11NO.C4H11N3/c1-4(6-3)5(2)7;1-2-3-7-4(5)6/h4,6H,1-3H3;2-3H2,1H3,(H4,5,6,7). The fourth-order valence-electron chi connectivity index (χ4n) is 0.444. The molecule has 0 radical (unpaired) electrons. The Morgan fingerprint density at radius 2 is 2.00 bits per heavy atom. The van der Waals surface area contributed by atoms with Crippen molar-refractivity contribution in [2.75, 3.05) is 13.6 Å². The van der Waals surface area contributed by atoms with Crippen molar-refractivity contribution in [3.8, 4) is 0 Å². The second kappa shape index (κ2) is 9.98. The molecule has 0 aromatic carbocycles. The zero-order chi connectivity index (χ0) is 11.6. The number of guanidine groups is 1. The number of Topliss-reactive ketones (excluding diaryl/α,β-unsaturated/α-hetero) is 1. The van der Waals surface area contributed by atoms with Crippen molar-refractivity contribution in [3.63, 3.8) is 0 Å². The Morgan fingerprint density at radius 1 is 1.50 bits per heavy atom. The lowest BCUT2D eigenvalue weighted by Gasteiger charge is -2.01. The summed E-state index contributed by atoms with van der Waals surface area (Å²) in [7, 11) is 1.77. The molecule has 0 aromatic heterocycles. The molecule has 0 aliphatic heterocycles. The van der Waals surface area contributed by atoms with E-state index in [1.165, 1.54) is 0 Å². The lowest BCUT2D eigenvalue weighted by Crippen LogP contribution is -2.28. The van der Waals surface area contributed by atoms with Crippen molar-refractivity contribution in [1.29, 1.82) is 0 Å². The van der Waals surface area contributed by atoms with E-state index >= 15 is 0 Å². The Hall–Kier alpha value is -1.10. The second-order valence-corrected chi connectivity index (χ2v) is 2.93. The van der Waals surface area contributed by atoms with Gasteiger partial charge in [0.1, 0.15) is 5.78 Å². The van der Waals surface area contributed by atoms with E-state index in [0.29, 0.717) is 0 Å². The van der Waals surface area contributed by atoms with Gasteiger partial charge in [0.2, 0.25) is 0 Å². The summed E-state index contributed by atoms with van der Waals surface area (Å²) in [6.07, 6.45) is 0.998. The number of hydrogen-bond donors (Lipinski definition) is 3. The molecule has 0 fully saturated rings. The highest BCUT2D eigenvalue weighted by molar-refractivity contribution is 5.80. The molecule has 0 saturated carbocycles. The van der Waals surface area contributed by atoms with Gasteiger partial charge < -0.3 is 16.8 Å². The highest BCUT2D eigenvalue weighted by atomic mass is 16.1. The molecular weight excluding hydrogens is 180 g/mol.